The number of aromatic amines is 1. The van der Waals surface area contributed by atoms with Crippen LogP contribution in [0.1, 0.15) is 29.2 Å². The number of hydrogen-bond acceptors (Lipinski definition) is 2. The van der Waals surface area contributed by atoms with Crippen LogP contribution in [0.3, 0.4) is 0 Å². The first-order valence-electron chi connectivity index (χ1n) is 8.86. The van der Waals surface area contributed by atoms with Gasteiger partial charge in [-0.25, -0.2) is 0 Å². The van der Waals surface area contributed by atoms with E-state index < -0.39 is 0 Å². The first kappa shape index (κ1) is 17.9. The van der Waals surface area contributed by atoms with E-state index in [1.165, 1.54) is 5.56 Å². The molecule has 3 rings (SSSR count). The Morgan fingerprint density at radius 3 is 2.50 bits per heavy atom. The lowest BCUT2D eigenvalue weighted by Crippen LogP contribution is -2.32. The number of rotatable bonds is 5. The van der Waals surface area contributed by atoms with E-state index in [0.29, 0.717) is 18.7 Å². The molecule has 1 N–H and O–H groups in total. The van der Waals surface area contributed by atoms with E-state index in [1.807, 2.05) is 50.2 Å². The van der Waals surface area contributed by atoms with Gasteiger partial charge in [-0.1, -0.05) is 42.0 Å². The first-order chi connectivity index (χ1) is 12.4. The van der Waals surface area contributed by atoms with Gasteiger partial charge in [0.2, 0.25) is 5.91 Å². The molecule has 0 atom stereocenters. The van der Waals surface area contributed by atoms with Gasteiger partial charge in [-0.3, -0.25) is 9.59 Å². The van der Waals surface area contributed by atoms with Gasteiger partial charge >= 0.3 is 0 Å². The second kappa shape index (κ2) is 7.56. The normalized spacial score (nSPS) is 10.9. The number of benzene rings is 2. The average molecular weight is 348 g/mol. The fourth-order valence-corrected chi connectivity index (χ4v) is 3.31. The zero-order valence-corrected chi connectivity index (χ0v) is 15.5. The summed E-state index contributed by atoms with van der Waals surface area (Å²) in [5, 5.41) is 1.00. The van der Waals surface area contributed by atoms with Gasteiger partial charge in [-0.05, 0) is 48.9 Å². The van der Waals surface area contributed by atoms with E-state index >= 15 is 0 Å². The van der Waals surface area contributed by atoms with Crippen molar-refractivity contribution in [2.75, 3.05) is 6.54 Å². The predicted octanol–water partition coefficient (Wildman–Crippen LogP) is 3.74. The maximum atomic E-state index is 12.5. The number of hydrogen-bond donors (Lipinski definition) is 1. The van der Waals surface area contributed by atoms with Crippen LogP contribution in [-0.4, -0.2) is 22.3 Å². The van der Waals surface area contributed by atoms with Gasteiger partial charge < -0.3 is 9.88 Å². The minimum Gasteiger partial charge on any atom is -0.338 e. The molecule has 0 aliphatic heterocycles. The van der Waals surface area contributed by atoms with Gasteiger partial charge in [0.15, 0.2) is 0 Å². The number of fused-ring (bicyclic) bond motifs is 1. The van der Waals surface area contributed by atoms with Gasteiger partial charge in [0.05, 0.1) is 12.1 Å². The number of pyridine rings is 1. The summed E-state index contributed by atoms with van der Waals surface area (Å²) in [4.78, 5) is 29.3. The minimum absolute atomic E-state index is 0.0270. The van der Waals surface area contributed by atoms with E-state index in [-0.39, 0.29) is 11.5 Å². The van der Waals surface area contributed by atoms with Crippen LogP contribution in [0.4, 0.5) is 0 Å². The van der Waals surface area contributed by atoms with Gasteiger partial charge in [0.25, 0.3) is 5.56 Å². The van der Waals surface area contributed by atoms with Gasteiger partial charge in [0, 0.05) is 19.0 Å². The van der Waals surface area contributed by atoms with E-state index in [0.717, 1.165) is 28.5 Å². The second-order valence-electron chi connectivity index (χ2n) is 6.85. The Labute approximate surface area is 153 Å². The highest BCUT2D eigenvalue weighted by atomic mass is 16.2. The lowest BCUT2D eigenvalue weighted by Gasteiger charge is -2.21. The molecule has 0 aliphatic carbocycles. The molecule has 4 heteroatoms. The summed E-state index contributed by atoms with van der Waals surface area (Å²) in [6.07, 6.45) is 0.768. The number of carbonyl (C=O) groups excluding carboxylic acids is 1. The summed E-state index contributed by atoms with van der Waals surface area (Å²) in [5.74, 6) is -0.0270. The van der Waals surface area contributed by atoms with Crippen molar-refractivity contribution in [3.8, 4) is 0 Å². The lowest BCUT2D eigenvalue weighted by atomic mass is 10.0. The third-order valence-electron chi connectivity index (χ3n) is 4.69. The van der Waals surface area contributed by atoms with Crippen LogP contribution in [0.5, 0.6) is 0 Å². The highest BCUT2D eigenvalue weighted by Crippen LogP contribution is 2.18. The van der Waals surface area contributed by atoms with Crippen LogP contribution >= 0.6 is 0 Å². The summed E-state index contributed by atoms with van der Waals surface area (Å²) < 4.78 is 0. The largest absolute Gasteiger partial charge is 0.338 e. The molecule has 1 aromatic heterocycles. The molecule has 0 bridgehead atoms. The number of carbonyl (C=O) groups is 1. The van der Waals surface area contributed by atoms with E-state index in [9.17, 15) is 9.59 Å². The molecule has 134 valence electrons. The predicted molar refractivity (Wildman–Crippen MR) is 105 cm³/mol. The van der Waals surface area contributed by atoms with Crippen molar-refractivity contribution >= 4 is 16.8 Å². The summed E-state index contributed by atoms with van der Waals surface area (Å²) in [6.45, 7) is 6.49. The van der Waals surface area contributed by atoms with Crippen molar-refractivity contribution in [2.45, 2.75) is 33.7 Å². The smallest absolute Gasteiger partial charge is 0.253 e. The van der Waals surface area contributed by atoms with Crippen LogP contribution in [-0.2, 0) is 17.8 Å². The Balaban J connectivity index is 1.85. The fraction of sp³-hybridized carbons (Fsp3) is 0.273. The molecule has 0 fully saturated rings. The quantitative estimate of drug-likeness (QED) is 0.764. The Morgan fingerprint density at radius 1 is 1.08 bits per heavy atom. The topological polar surface area (TPSA) is 53.2 Å². The third-order valence-corrected chi connectivity index (χ3v) is 4.69. The van der Waals surface area contributed by atoms with Crippen molar-refractivity contribution in [2.24, 2.45) is 0 Å². The maximum Gasteiger partial charge on any atom is 0.253 e. The molecule has 4 nitrogen and oxygen atoms in total. The third kappa shape index (κ3) is 4.02. The van der Waals surface area contributed by atoms with Crippen LogP contribution in [0.2, 0.25) is 0 Å². The number of aromatic nitrogens is 1. The molecule has 0 aliphatic rings. The zero-order valence-electron chi connectivity index (χ0n) is 15.5. The van der Waals surface area contributed by atoms with Crippen LogP contribution in [0, 0.1) is 13.8 Å². The molecule has 0 saturated heterocycles. The number of aryl methyl sites for hydroxylation is 2. The van der Waals surface area contributed by atoms with E-state index in [4.69, 9.17) is 0 Å². The minimum atomic E-state index is -0.129. The van der Waals surface area contributed by atoms with Crippen LogP contribution in [0.25, 0.3) is 10.9 Å². The molecular weight excluding hydrogens is 324 g/mol. The van der Waals surface area contributed by atoms with Crippen molar-refractivity contribution in [3.05, 3.63) is 81.1 Å². The Bertz CT molecular complexity index is 990. The SMILES string of the molecule is CC(=O)N(CCc1ccccc1)Cc1cc2cc(C)cc(C)c2[nH]c1=O. The second-order valence-corrected chi connectivity index (χ2v) is 6.85. The molecule has 0 radical (unpaired) electrons. The lowest BCUT2D eigenvalue weighted by molar-refractivity contribution is -0.129. The molecule has 0 unspecified atom stereocenters. The summed E-state index contributed by atoms with van der Waals surface area (Å²) in [6, 6.07) is 16.1. The first-order valence-corrected chi connectivity index (χ1v) is 8.86. The van der Waals surface area contributed by atoms with Crippen molar-refractivity contribution in [3.63, 3.8) is 0 Å². The maximum absolute atomic E-state index is 12.5. The summed E-state index contributed by atoms with van der Waals surface area (Å²) >= 11 is 0. The number of nitrogens with zero attached hydrogens (tertiary/aromatic N) is 1. The molecule has 26 heavy (non-hydrogen) atoms. The highest BCUT2D eigenvalue weighted by Gasteiger charge is 2.13. The van der Waals surface area contributed by atoms with E-state index in [1.54, 1.807) is 11.8 Å². The van der Waals surface area contributed by atoms with Gasteiger partial charge in [-0.15, -0.1) is 0 Å². The standard InChI is InChI=1S/C22H24N2O2/c1-15-11-16(2)21-19(12-15)13-20(22(26)23-21)14-24(17(3)25)10-9-18-7-5-4-6-8-18/h4-8,11-13H,9-10,14H2,1-3H3,(H,23,26). The Kier molecular flexibility index (Phi) is 5.21. The van der Waals surface area contributed by atoms with Crippen molar-refractivity contribution in [1.82, 2.24) is 9.88 Å². The molecule has 0 spiro atoms. The number of nitrogens with one attached hydrogen (secondary N) is 1. The molecule has 3 aromatic rings. The Morgan fingerprint density at radius 2 is 1.81 bits per heavy atom. The molecular formula is C22H24N2O2. The van der Waals surface area contributed by atoms with Crippen molar-refractivity contribution in [1.29, 1.82) is 0 Å². The Hall–Kier alpha value is -2.88. The molecule has 1 amide bonds. The fourth-order valence-electron chi connectivity index (χ4n) is 3.31. The molecule has 1 heterocycles. The highest BCUT2D eigenvalue weighted by molar-refractivity contribution is 5.83. The van der Waals surface area contributed by atoms with Crippen LogP contribution in [0.15, 0.2) is 53.3 Å². The van der Waals surface area contributed by atoms with Crippen molar-refractivity contribution < 1.29 is 4.79 Å². The monoisotopic (exact) mass is 348 g/mol. The van der Waals surface area contributed by atoms with E-state index in [2.05, 4.69) is 17.1 Å². The zero-order chi connectivity index (χ0) is 18.7. The summed E-state index contributed by atoms with van der Waals surface area (Å²) in [5.41, 5.74) is 4.73. The number of H-pyrrole nitrogens is 1. The molecule has 0 saturated carbocycles. The molecule has 2 aromatic carbocycles. The van der Waals surface area contributed by atoms with Gasteiger partial charge in [-0.2, -0.15) is 0 Å². The number of amides is 1. The van der Waals surface area contributed by atoms with Crippen LogP contribution < -0.4 is 5.56 Å². The summed E-state index contributed by atoms with van der Waals surface area (Å²) in [7, 11) is 0. The van der Waals surface area contributed by atoms with Gasteiger partial charge in [0.1, 0.15) is 0 Å². The average Bonchev–Trinajstić information content (AvgIpc) is 2.60.